The van der Waals surface area contributed by atoms with Gasteiger partial charge in [0.05, 0.1) is 12.0 Å². The number of likely N-dealkylation sites (N-methyl/N-ethyl adjacent to an activating group) is 1. The zero-order chi connectivity index (χ0) is 11.9. The van der Waals surface area contributed by atoms with Crippen molar-refractivity contribution in [2.75, 3.05) is 11.9 Å². The molecule has 1 heterocycles. The molecule has 1 amide bonds. The molecular weight excluding hydrogens is 202 g/mol. The molecule has 16 heavy (non-hydrogen) atoms. The van der Waals surface area contributed by atoms with Crippen LogP contribution in [0, 0.1) is 0 Å². The lowest BCUT2D eigenvalue weighted by molar-refractivity contribution is -0.118. The van der Waals surface area contributed by atoms with Crippen LogP contribution in [0.25, 0.3) is 0 Å². The SMILES string of the molecule is CCC(O)c1ccc2c(c1)C(C)C(=O)N2C. The lowest BCUT2D eigenvalue weighted by Gasteiger charge is -2.12. The second-order valence-electron chi connectivity index (χ2n) is 4.36. The molecule has 3 heteroatoms. The lowest BCUT2D eigenvalue weighted by atomic mass is 9.98. The highest BCUT2D eigenvalue weighted by atomic mass is 16.3. The standard InChI is InChI=1S/C13H17NO2/c1-4-12(15)9-5-6-11-10(7-9)8(2)13(16)14(11)3/h5-8,12,15H,4H2,1-3H3. The van der Waals surface area contributed by atoms with Crippen LogP contribution in [0.3, 0.4) is 0 Å². The van der Waals surface area contributed by atoms with Crippen LogP contribution in [0.4, 0.5) is 5.69 Å². The molecule has 0 radical (unpaired) electrons. The van der Waals surface area contributed by atoms with Crippen molar-refractivity contribution in [1.29, 1.82) is 0 Å². The van der Waals surface area contributed by atoms with E-state index >= 15 is 0 Å². The van der Waals surface area contributed by atoms with Gasteiger partial charge in [0.2, 0.25) is 5.91 Å². The molecule has 0 aromatic heterocycles. The van der Waals surface area contributed by atoms with Crippen LogP contribution in [0.1, 0.15) is 43.4 Å². The molecule has 0 saturated carbocycles. The van der Waals surface area contributed by atoms with Crippen LogP contribution in [-0.2, 0) is 4.79 Å². The molecule has 86 valence electrons. The van der Waals surface area contributed by atoms with Gasteiger partial charge in [-0.1, -0.05) is 19.1 Å². The molecule has 1 aromatic rings. The highest BCUT2D eigenvalue weighted by molar-refractivity contribution is 6.04. The minimum atomic E-state index is -0.432. The minimum absolute atomic E-state index is 0.0935. The van der Waals surface area contributed by atoms with Crippen LogP contribution < -0.4 is 4.90 Å². The van der Waals surface area contributed by atoms with Gasteiger partial charge in [-0.2, -0.15) is 0 Å². The Kier molecular flexibility index (Phi) is 2.72. The fourth-order valence-electron chi connectivity index (χ4n) is 2.21. The summed E-state index contributed by atoms with van der Waals surface area (Å²) in [6, 6.07) is 5.77. The van der Waals surface area contributed by atoms with E-state index in [1.54, 1.807) is 11.9 Å². The Bertz CT molecular complexity index is 428. The second-order valence-corrected chi connectivity index (χ2v) is 4.36. The molecule has 0 aliphatic carbocycles. The molecule has 1 N–H and O–H groups in total. The normalized spacial score (nSPS) is 21.1. The Balaban J connectivity index is 2.45. The van der Waals surface area contributed by atoms with Gasteiger partial charge in [0.25, 0.3) is 0 Å². The van der Waals surface area contributed by atoms with Gasteiger partial charge < -0.3 is 10.0 Å². The van der Waals surface area contributed by atoms with Crippen molar-refractivity contribution >= 4 is 11.6 Å². The van der Waals surface area contributed by atoms with Crippen LogP contribution in [0.5, 0.6) is 0 Å². The number of rotatable bonds is 2. The largest absolute Gasteiger partial charge is 0.388 e. The summed E-state index contributed by atoms with van der Waals surface area (Å²) in [6.45, 7) is 3.85. The van der Waals surface area contributed by atoms with Crippen LogP contribution >= 0.6 is 0 Å². The van der Waals surface area contributed by atoms with Crippen LogP contribution in [0.2, 0.25) is 0 Å². The van der Waals surface area contributed by atoms with Gasteiger partial charge in [0, 0.05) is 12.7 Å². The molecular formula is C13H17NO2. The van der Waals surface area contributed by atoms with Crippen molar-refractivity contribution in [3.8, 4) is 0 Å². The molecule has 0 fully saturated rings. The van der Waals surface area contributed by atoms with E-state index in [4.69, 9.17) is 0 Å². The van der Waals surface area contributed by atoms with E-state index in [1.807, 2.05) is 32.0 Å². The Morgan fingerprint density at radius 1 is 1.50 bits per heavy atom. The molecule has 2 rings (SSSR count). The predicted octanol–water partition coefficient (Wildman–Crippen LogP) is 2.21. The fraction of sp³-hybridized carbons (Fsp3) is 0.462. The van der Waals surface area contributed by atoms with Gasteiger partial charge in [0.15, 0.2) is 0 Å². The van der Waals surface area contributed by atoms with Crippen molar-refractivity contribution in [2.24, 2.45) is 0 Å². The third kappa shape index (κ3) is 1.52. The Morgan fingerprint density at radius 2 is 2.19 bits per heavy atom. The molecule has 0 bridgehead atoms. The van der Waals surface area contributed by atoms with E-state index in [2.05, 4.69) is 0 Å². The highest BCUT2D eigenvalue weighted by Crippen LogP contribution is 2.37. The maximum absolute atomic E-state index is 11.8. The first-order valence-corrected chi connectivity index (χ1v) is 5.65. The summed E-state index contributed by atoms with van der Waals surface area (Å²) in [4.78, 5) is 13.5. The van der Waals surface area contributed by atoms with E-state index in [0.29, 0.717) is 6.42 Å². The number of aliphatic hydroxyl groups is 1. The summed E-state index contributed by atoms with van der Waals surface area (Å²) in [5.74, 6) is 0.0298. The number of anilines is 1. The molecule has 2 atom stereocenters. The fourth-order valence-corrected chi connectivity index (χ4v) is 2.21. The molecule has 2 unspecified atom stereocenters. The minimum Gasteiger partial charge on any atom is -0.388 e. The predicted molar refractivity (Wildman–Crippen MR) is 63.5 cm³/mol. The third-order valence-electron chi connectivity index (χ3n) is 3.35. The first-order chi connectivity index (χ1) is 7.56. The molecule has 3 nitrogen and oxygen atoms in total. The summed E-state index contributed by atoms with van der Waals surface area (Å²) in [5.41, 5.74) is 2.89. The summed E-state index contributed by atoms with van der Waals surface area (Å²) < 4.78 is 0. The topological polar surface area (TPSA) is 40.5 Å². The average molecular weight is 219 g/mol. The number of fused-ring (bicyclic) bond motifs is 1. The van der Waals surface area contributed by atoms with Crippen molar-refractivity contribution in [2.45, 2.75) is 32.3 Å². The number of carbonyl (C=O) groups is 1. The van der Waals surface area contributed by atoms with Gasteiger partial charge in [-0.15, -0.1) is 0 Å². The van der Waals surface area contributed by atoms with Crippen molar-refractivity contribution in [3.63, 3.8) is 0 Å². The Labute approximate surface area is 95.7 Å². The number of hydrogen-bond acceptors (Lipinski definition) is 2. The molecule has 0 saturated heterocycles. The van der Waals surface area contributed by atoms with Crippen molar-refractivity contribution in [1.82, 2.24) is 0 Å². The maximum Gasteiger partial charge on any atom is 0.234 e. The smallest absolute Gasteiger partial charge is 0.234 e. The first kappa shape index (κ1) is 11.1. The van der Waals surface area contributed by atoms with Gasteiger partial charge >= 0.3 is 0 Å². The van der Waals surface area contributed by atoms with Gasteiger partial charge in [-0.3, -0.25) is 4.79 Å². The molecule has 0 spiro atoms. The van der Waals surface area contributed by atoms with Gasteiger partial charge in [-0.25, -0.2) is 0 Å². The number of nitrogens with zero attached hydrogens (tertiary/aromatic N) is 1. The van der Waals surface area contributed by atoms with E-state index in [9.17, 15) is 9.90 Å². The molecule has 1 aliphatic rings. The van der Waals surface area contributed by atoms with E-state index < -0.39 is 6.10 Å². The Hall–Kier alpha value is -1.35. The number of benzene rings is 1. The number of amides is 1. The maximum atomic E-state index is 11.8. The monoisotopic (exact) mass is 219 g/mol. The van der Waals surface area contributed by atoms with Gasteiger partial charge in [0.1, 0.15) is 0 Å². The Morgan fingerprint density at radius 3 is 2.81 bits per heavy atom. The molecule has 1 aromatic carbocycles. The third-order valence-corrected chi connectivity index (χ3v) is 3.35. The average Bonchev–Trinajstić information content (AvgIpc) is 2.53. The van der Waals surface area contributed by atoms with E-state index in [0.717, 1.165) is 16.8 Å². The van der Waals surface area contributed by atoms with Crippen molar-refractivity contribution in [3.05, 3.63) is 29.3 Å². The summed E-state index contributed by atoms with van der Waals surface area (Å²) in [6.07, 6.45) is 0.259. The zero-order valence-corrected chi connectivity index (χ0v) is 9.90. The van der Waals surface area contributed by atoms with Crippen LogP contribution in [-0.4, -0.2) is 18.1 Å². The molecule has 1 aliphatic heterocycles. The number of carbonyl (C=O) groups excluding carboxylic acids is 1. The summed E-state index contributed by atoms with van der Waals surface area (Å²) in [7, 11) is 1.79. The lowest BCUT2D eigenvalue weighted by Crippen LogP contribution is -2.22. The van der Waals surface area contributed by atoms with Gasteiger partial charge in [-0.05, 0) is 30.5 Å². The summed E-state index contributed by atoms with van der Waals surface area (Å²) in [5, 5.41) is 9.78. The second kappa shape index (κ2) is 3.91. The first-order valence-electron chi connectivity index (χ1n) is 5.65. The van der Waals surface area contributed by atoms with E-state index in [-0.39, 0.29) is 11.8 Å². The van der Waals surface area contributed by atoms with Crippen molar-refractivity contribution < 1.29 is 9.90 Å². The van der Waals surface area contributed by atoms with Crippen LogP contribution in [0.15, 0.2) is 18.2 Å². The zero-order valence-electron chi connectivity index (χ0n) is 9.90. The quantitative estimate of drug-likeness (QED) is 0.828. The highest BCUT2D eigenvalue weighted by Gasteiger charge is 2.31. The number of aliphatic hydroxyl groups excluding tert-OH is 1. The number of hydrogen-bond donors (Lipinski definition) is 1. The summed E-state index contributed by atoms with van der Waals surface area (Å²) >= 11 is 0. The van der Waals surface area contributed by atoms with E-state index in [1.165, 1.54) is 0 Å².